The molecule has 2 aromatic rings. The number of benzene rings is 1. The Kier molecular flexibility index (Phi) is 10.6. The number of carbonyl (C=O) groups excluding carboxylic acids is 3. The van der Waals surface area contributed by atoms with Crippen molar-refractivity contribution in [1.29, 1.82) is 0 Å². The van der Waals surface area contributed by atoms with Gasteiger partial charge in [-0.3, -0.25) is 19.1 Å². The number of hydrogen-bond donors (Lipinski definition) is 4. The van der Waals surface area contributed by atoms with E-state index in [-0.39, 0.29) is 37.1 Å². The van der Waals surface area contributed by atoms with Gasteiger partial charge in [0.1, 0.15) is 35.2 Å². The summed E-state index contributed by atoms with van der Waals surface area (Å²) in [4.78, 5) is 60.8. The molecule has 7 atom stereocenters. The minimum atomic E-state index is -4.01. The molecular weight excluding hydrogens is 706 g/mol. The highest BCUT2D eigenvalue weighted by molar-refractivity contribution is 7.91. The van der Waals surface area contributed by atoms with Crippen LogP contribution in [0.4, 0.5) is 4.79 Å². The third-order valence-corrected chi connectivity index (χ3v) is 13.5. The Hall–Kier alpha value is -4.60. The lowest BCUT2D eigenvalue weighted by Gasteiger charge is -2.33. The van der Waals surface area contributed by atoms with Crippen molar-refractivity contribution in [2.24, 2.45) is 17.8 Å². The Labute approximate surface area is 309 Å². The van der Waals surface area contributed by atoms with Crippen LogP contribution in [0.2, 0.25) is 0 Å². The highest BCUT2D eigenvalue weighted by atomic mass is 32.2. The molecular formula is C37H49N5O10S. The van der Waals surface area contributed by atoms with Gasteiger partial charge in [-0.05, 0) is 69.4 Å². The zero-order chi connectivity index (χ0) is 38.3. The van der Waals surface area contributed by atoms with Crippen molar-refractivity contribution >= 4 is 44.7 Å². The Balaban J connectivity index is 1.36. The number of pyridine rings is 1. The molecule has 3 fully saturated rings. The Morgan fingerprint density at radius 2 is 1.89 bits per heavy atom. The number of hydrogen-bond acceptors (Lipinski definition) is 10. The third-order valence-electron chi connectivity index (χ3n) is 11.3. The van der Waals surface area contributed by atoms with Gasteiger partial charge in [-0.25, -0.2) is 18.2 Å². The van der Waals surface area contributed by atoms with Gasteiger partial charge < -0.3 is 34.9 Å². The SMILES string of the molecule is CC[C@@H]1C[C@H](C)CCC=C[C@@H]2C[C@@]2(C(=O)NS(=O)(=O)C2(C)CC2)NC(=O)[C@@H]2C[C@@H](Oc3cc(OC)nc4cc(OC)ccc34)CN2C(=O)[C@H]1NC(=O)O. The molecule has 4 amide bonds. The topological polar surface area (TPSA) is 203 Å². The minimum Gasteiger partial charge on any atom is -0.497 e. The highest BCUT2D eigenvalue weighted by Crippen LogP contribution is 2.47. The summed E-state index contributed by atoms with van der Waals surface area (Å²) in [5.74, 6) is -1.56. The maximum Gasteiger partial charge on any atom is 0.405 e. The zero-order valence-electron chi connectivity index (χ0n) is 30.7. The molecule has 0 radical (unpaired) electrons. The molecule has 6 rings (SSSR count). The van der Waals surface area contributed by atoms with Crippen LogP contribution in [0.1, 0.15) is 72.1 Å². The lowest BCUT2D eigenvalue weighted by molar-refractivity contribution is -0.142. The molecule has 0 bridgehead atoms. The maximum atomic E-state index is 14.6. The van der Waals surface area contributed by atoms with Crippen molar-refractivity contribution in [2.45, 2.75) is 101 Å². The molecule has 4 N–H and O–H groups in total. The van der Waals surface area contributed by atoms with Gasteiger partial charge in [0.2, 0.25) is 27.7 Å². The first-order valence-electron chi connectivity index (χ1n) is 18.2. The molecule has 53 heavy (non-hydrogen) atoms. The fourth-order valence-corrected chi connectivity index (χ4v) is 8.92. The van der Waals surface area contributed by atoms with Crippen LogP contribution < -0.4 is 29.6 Å². The van der Waals surface area contributed by atoms with Crippen LogP contribution in [0.15, 0.2) is 36.4 Å². The van der Waals surface area contributed by atoms with Gasteiger partial charge in [-0.15, -0.1) is 0 Å². The number of allylic oxidation sites excluding steroid dienone is 1. The van der Waals surface area contributed by atoms with Gasteiger partial charge in [-0.1, -0.05) is 32.4 Å². The number of nitrogens with zero attached hydrogens (tertiary/aromatic N) is 2. The first kappa shape index (κ1) is 38.1. The lowest BCUT2D eigenvalue weighted by Crippen LogP contribution is -2.59. The average Bonchev–Trinajstić information content (AvgIpc) is 4.00. The van der Waals surface area contributed by atoms with Crippen molar-refractivity contribution in [2.75, 3.05) is 20.8 Å². The summed E-state index contributed by atoms with van der Waals surface area (Å²) in [5, 5.41) is 15.8. The molecule has 16 heteroatoms. The predicted octanol–water partition coefficient (Wildman–Crippen LogP) is 3.51. The van der Waals surface area contributed by atoms with Crippen LogP contribution in [0.5, 0.6) is 17.4 Å². The normalized spacial score (nSPS) is 29.8. The van der Waals surface area contributed by atoms with Gasteiger partial charge in [0, 0.05) is 29.9 Å². The summed E-state index contributed by atoms with van der Waals surface area (Å²) in [6.07, 6.45) is 5.16. The Morgan fingerprint density at radius 3 is 2.55 bits per heavy atom. The first-order valence-corrected chi connectivity index (χ1v) is 19.7. The van der Waals surface area contributed by atoms with E-state index < -0.39 is 68.2 Å². The molecule has 0 unspecified atom stereocenters. The van der Waals surface area contributed by atoms with E-state index in [4.69, 9.17) is 14.2 Å². The van der Waals surface area contributed by atoms with E-state index in [2.05, 4.69) is 20.3 Å². The second kappa shape index (κ2) is 14.7. The smallest absolute Gasteiger partial charge is 0.405 e. The lowest BCUT2D eigenvalue weighted by atomic mass is 9.85. The van der Waals surface area contributed by atoms with Gasteiger partial charge >= 0.3 is 6.09 Å². The first-order chi connectivity index (χ1) is 25.1. The molecule has 1 saturated heterocycles. The quantitative estimate of drug-likeness (QED) is 0.273. The summed E-state index contributed by atoms with van der Waals surface area (Å²) in [7, 11) is -1.00. The number of rotatable bonds is 9. The number of fused-ring (bicyclic) bond motifs is 3. The van der Waals surface area contributed by atoms with Crippen molar-refractivity contribution in [3.8, 4) is 17.4 Å². The average molecular weight is 756 g/mol. The molecule has 1 aromatic carbocycles. The number of aromatic nitrogens is 1. The second-order valence-electron chi connectivity index (χ2n) is 15.1. The molecule has 2 aliphatic carbocycles. The fraction of sp³-hybridized carbons (Fsp3) is 0.595. The summed E-state index contributed by atoms with van der Waals surface area (Å²) in [5.41, 5.74) is -1.02. The van der Waals surface area contributed by atoms with Crippen molar-refractivity contribution in [3.63, 3.8) is 0 Å². The van der Waals surface area contributed by atoms with Gasteiger partial charge in [0.05, 0.1) is 31.0 Å². The van der Waals surface area contributed by atoms with Gasteiger partial charge in [-0.2, -0.15) is 0 Å². The maximum absolute atomic E-state index is 14.6. The van der Waals surface area contributed by atoms with Crippen LogP contribution in [-0.2, 0) is 24.4 Å². The van der Waals surface area contributed by atoms with Crippen molar-refractivity contribution < 1.29 is 46.9 Å². The molecule has 2 aliphatic heterocycles. The minimum absolute atomic E-state index is 0.00141. The Bertz CT molecular complexity index is 1910. The number of methoxy groups -OCH3 is 2. The molecule has 2 saturated carbocycles. The van der Waals surface area contributed by atoms with E-state index >= 15 is 0 Å². The Morgan fingerprint density at radius 1 is 1.13 bits per heavy atom. The van der Waals surface area contributed by atoms with E-state index in [0.29, 0.717) is 54.5 Å². The zero-order valence-corrected chi connectivity index (χ0v) is 31.5. The number of carbonyl (C=O) groups is 4. The molecule has 0 spiro atoms. The molecule has 288 valence electrons. The molecule has 3 heterocycles. The van der Waals surface area contributed by atoms with E-state index in [9.17, 15) is 32.7 Å². The number of ether oxygens (including phenoxy) is 3. The fourth-order valence-electron chi connectivity index (χ4n) is 7.61. The number of nitrogens with one attached hydrogen (secondary N) is 3. The van der Waals surface area contributed by atoms with E-state index in [1.54, 1.807) is 31.2 Å². The number of amides is 4. The monoisotopic (exact) mass is 755 g/mol. The summed E-state index contributed by atoms with van der Waals surface area (Å²) >= 11 is 0. The molecule has 15 nitrogen and oxygen atoms in total. The van der Waals surface area contributed by atoms with Crippen LogP contribution in [-0.4, -0.2) is 96.5 Å². The van der Waals surface area contributed by atoms with Crippen LogP contribution >= 0.6 is 0 Å². The predicted molar refractivity (Wildman–Crippen MR) is 194 cm³/mol. The summed E-state index contributed by atoms with van der Waals surface area (Å²) in [6.45, 7) is 5.45. The standard InChI is InChI=1S/C37H49N5O10S/c1-6-22-15-21(2)9-7-8-10-23-19-37(23,34(45)41-53(48,49)36(3)13-14-36)40-32(43)28-17-25(20-42(28)33(44)31(22)39-35(46)47)52-29-18-30(51-5)38-27-16-24(50-4)11-12-26(27)29/h8,10-12,16,18,21-23,25,28,31,39H,6-7,9,13-15,17,19-20H2,1-5H3,(H,40,43)(H,41,45)(H,46,47)/t21-,22-,23-,25-,28+,31+,37-/m1/s1. The van der Waals surface area contributed by atoms with Crippen LogP contribution in [0.25, 0.3) is 10.9 Å². The van der Waals surface area contributed by atoms with Crippen LogP contribution in [0.3, 0.4) is 0 Å². The van der Waals surface area contributed by atoms with E-state index in [1.807, 2.05) is 26.0 Å². The van der Waals surface area contributed by atoms with Gasteiger partial charge in [0.25, 0.3) is 5.91 Å². The van der Waals surface area contributed by atoms with E-state index in [0.717, 1.165) is 6.42 Å². The second-order valence-corrected chi connectivity index (χ2v) is 17.3. The molecule has 4 aliphatic rings. The summed E-state index contributed by atoms with van der Waals surface area (Å²) < 4.78 is 44.8. The van der Waals surface area contributed by atoms with Crippen LogP contribution in [0, 0.1) is 17.8 Å². The number of carboxylic acid groups (broad SMARTS) is 1. The highest BCUT2D eigenvalue weighted by Gasteiger charge is 2.63. The summed E-state index contributed by atoms with van der Waals surface area (Å²) in [6, 6.07) is 4.54. The van der Waals surface area contributed by atoms with Crippen molar-refractivity contribution in [1.82, 2.24) is 25.2 Å². The number of sulfonamides is 1. The van der Waals surface area contributed by atoms with E-state index in [1.165, 1.54) is 19.1 Å². The van der Waals surface area contributed by atoms with Gasteiger partial charge in [0.15, 0.2) is 0 Å². The third kappa shape index (κ3) is 7.73. The van der Waals surface area contributed by atoms with Crippen molar-refractivity contribution in [3.05, 3.63) is 36.4 Å². The largest absolute Gasteiger partial charge is 0.497 e. The molecule has 1 aromatic heterocycles.